The molecule has 4 rings (SSSR count). The maximum atomic E-state index is 12.8. The van der Waals surface area contributed by atoms with Gasteiger partial charge in [0, 0.05) is 24.9 Å². The first kappa shape index (κ1) is 16.5. The van der Waals surface area contributed by atoms with Crippen LogP contribution >= 0.6 is 0 Å². The monoisotopic (exact) mass is 345 g/mol. The standard InChI is InChI=1S/C18H23N3O4/c1-17(24)11-18(25-10-14(17)22)6-8-21(9-7-18)16(23)15-12-4-2-3-5-13(12)19-20-15/h2-5,14,22,24H,6-11H2,1H3,(H,19,20)/t14-,17-/m0/s1. The van der Waals surface area contributed by atoms with E-state index in [4.69, 9.17) is 4.74 Å². The number of ether oxygens (including phenoxy) is 1. The van der Waals surface area contributed by atoms with Crippen molar-refractivity contribution in [1.82, 2.24) is 15.1 Å². The molecule has 2 saturated heterocycles. The summed E-state index contributed by atoms with van der Waals surface area (Å²) >= 11 is 0. The molecule has 0 saturated carbocycles. The van der Waals surface area contributed by atoms with Gasteiger partial charge in [0.15, 0.2) is 5.69 Å². The summed E-state index contributed by atoms with van der Waals surface area (Å²) in [5, 5.41) is 28.2. The molecule has 2 aromatic rings. The summed E-state index contributed by atoms with van der Waals surface area (Å²) < 4.78 is 5.87. The van der Waals surface area contributed by atoms with Gasteiger partial charge >= 0.3 is 0 Å². The Morgan fingerprint density at radius 1 is 1.36 bits per heavy atom. The molecule has 7 heteroatoms. The summed E-state index contributed by atoms with van der Waals surface area (Å²) in [4.78, 5) is 14.6. The average Bonchev–Trinajstić information content (AvgIpc) is 3.02. The molecule has 1 spiro atoms. The number of aromatic amines is 1. The molecule has 1 amide bonds. The van der Waals surface area contributed by atoms with Crippen LogP contribution in [-0.4, -0.2) is 68.2 Å². The minimum absolute atomic E-state index is 0.0881. The highest BCUT2D eigenvalue weighted by Crippen LogP contribution is 2.39. The number of aromatic nitrogens is 2. The molecular formula is C18H23N3O4. The second-order valence-electron chi connectivity index (χ2n) is 7.45. The quantitative estimate of drug-likeness (QED) is 0.718. The summed E-state index contributed by atoms with van der Waals surface area (Å²) in [5.74, 6) is -0.0881. The topological polar surface area (TPSA) is 98.7 Å². The summed E-state index contributed by atoms with van der Waals surface area (Å²) in [7, 11) is 0. The fourth-order valence-electron chi connectivity index (χ4n) is 3.97. The van der Waals surface area contributed by atoms with Crippen LogP contribution in [0.1, 0.15) is 36.7 Å². The van der Waals surface area contributed by atoms with Crippen molar-refractivity contribution in [3.05, 3.63) is 30.0 Å². The zero-order valence-electron chi connectivity index (χ0n) is 14.2. The number of hydrogen-bond donors (Lipinski definition) is 3. The van der Waals surface area contributed by atoms with Crippen molar-refractivity contribution < 1.29 is 19.7 Å². The molecular weight excluding hydrogens is 322 g/mol. The van der Waals surface area contributed by atoms with Crippen LogP contribution in [0.4, 0.5) is 0 Å². The number of amides is 1. The van der Waals surface area contributed by atoms with Crippen LogP contribution in [0.3, 0.4) is 0 Å². The molecule has 1 aromatic carbocycles. The number of carbonyl (C=O) groups is 1. The van der Waals surface area contributed by atoms with E-state index in [2.05, 4.69) is 10.2 Å². The van der Waals surface area contributed by atoms with E-state index in [1.54, 1.807) is 11.8 Å². The van der Waals surface area contributed by atoms with Gasteiger partial charge in [0.2, 0.25) is 0 Å². The van der Waals surface area contributed by atoms with E-state index in [1.807, 2.05) is 24.3 Å². The average molecular weight is 345 g/mol. The lowest BCUT2D eigenvalue weighted by Crippen LogP contribution is -2.59. The normalized spacial score (nSPS) is 29.2. The Morgan fingerprint density at radius 3 is 2.80 bits per heavy atom. The van der Waals surface area contributed by atoms with Gasteiger partial charge in [-0.3, -0.25) is 9.89 Å². The minimum atomic E-state index is -1.15. The zero-order valence-corrected chi connectivity index (χ0v) is 14.2. The van der Waals surface area contributed by atoms with Crippen LogP contribution in [0.15, 0.2) is 24.3 Å². The number of para-hydroxylation sites is 1. The number of aliphatic hydroxyl groups is 2. The number of H-pyrrole nitrogens is 1. The van der Waals surface area contributed by atoms with Gasteiger partial charge in [-0.15, -0.1) is 0 Å². The van der Waals surface area contributed by atoms with Crippen molar-refractivity contribution >= 4 is 16.8 Å². The lowest BCUT2D eigenvalue weighted by Gasteiger charge is -2.49. The molecule has 134 valence electrons. The molecule has 25 heavy (non-hydrogen) atoms. The predicted octanol–water partition coefficient (Wildman–Crippen LogP) is 1.07. The molecule has 3 heterocycles. The number of fused-ring (bicyclic) bond motifs is 1. The highest BCUT2D eigenvalue weighted by atomic mass is 16.5. The van der Waals surface area contributed by atoms with Gasteiger partial charge in [0.1, 0.15) is 6.10 Å². The molecule has 1 aromatic heterocycles. The van der Waals surface area contributed by atoms with E-state index in [9.17, 15) is 15.0 Å². The smallest absolute Gasteiger partial charge is 0.274 e. The van der Waals surface area contributed by atoms with Crippen LogP contribution in [0.5, 0.6) is 0 Å². The first-order valence-electron chi connectivity index (χ1n) is 8.67. The third kappa shape index (κ3) is 2.82. The van der Waals surface area contributed by atoms with Crippen molar-refractivity contribution in [3.8, 4) is 0 Å². The highest BCUT2D eigenvalue weighted by molar-refractivity contribution is 6.04. The first-order valence-corrected chi connectivity index (χ1v) is 8.67. The first-order chi connectivity index (χ1) is 11.9. The van der Waals surface area contributed by atoms with Gasteiger partial charge in [-0.05, 0) is 25.8 Å². The molecule has 0 aliphatic carbocycles. The molecule has 3 N–H and O–H groups in total. The number of carbonyl (C=O) groups excluding carboxylic acids is 1. The largest absolute Gasteiger partial charge is 0.388 e. The Labute approximate surface area is 145 Å². The van der Waals surface area contributed by atoms with Crippen LogP contribution < -0.4 is 0 Å². The van der Waals surface area contributed by atoms with E-state index in [1.165, 1.54) is 0 Å². The van der Waals surface area contributed by atoms with Crippen molar-refractivity contribution in [2.24, 2.45) is 0 Å². The van der Waals surface area contributed by atoms with Gasteiger partial charge in [0.25, 0.3) is 5.91 Å². The van der Waals surface area contributed by atoms with E-state index in [-0.39, 0.29) is 12.5 Å². The number of likely N-dealkylation sites (tertiary alicyclic amines) is 1. The van der Waals surface area contributed by atoms with Crippen LogP contribution in [0.25, 0.3) is 10.9 Å². The summed E-state index contributed by atoms with van der Waals surface area (Å²) in [6.07, 6.45) is 0.802. The Balaban J connectivity index is 1.48. The molecule has 2 atom stereocenters. The van der Waals surface area contributed by atoms with Gasteiger partial charge in [-0.25, -0.2) is 0 Å². The van der Waals surface area contributed by atoms with Gasteiger partial charge in [0.05, 0.1) is 23.3 Å². The number of benzene rings is 1. The van der Waals surface area contributed by atoms with Crippen molar-refractivity contribution in [3.63, 3.8) is 0 Å². The SMILES string of the molecule is C[C@]1(O)CC2(CCN(C(=O)c3n[nH]c4ccccc34)CC2)OC[C@@H]1O. The Bertz CT molecular complexity index is 792. The summed E-state index contributed by atoms with van der Waals surface area (Å²) in [6, 6.07) is 7.58. The summed E-state index contributed by atoms with van der Waals surface area (Å²) in [5.41, 5.74) is -0.325. The maximum Gasteiger partial charge on any atom is 0.274 e. The van der Waals surface area contributed by atoms with Gasteiger partial charge < -0.3 is 19.8 Å². The van der Waals surface area contributed by atoms with E-state index in [0.29, 0.717) is 38.0 Å². The van der Waals surface area contributed by atoms with Crippen molar-refractivity contribution in [1.29, 1.82) is 0 Å². The van der Waals surface area contributed by atoms with E-state index >= 15 is 0 Å². The van der Waals surface area contributed by atoms with Crippen LogP contribution in [-0.2, 0) is 4.74 Å². The molecule has 0 unspecified atom stereocenters. The van der Waals surface area contributed by atoms with Gasteiger partial charge in [-0.1, -0.05) is 18.2 Å². The Morgan fingerprint density at radius 2 is 2.08 bits per heavy atom. The number of piperidine rings is 1. The Hall–Kier alpha value is -1.96. The molecule has 7 nitrogen and oxygen atoms in total. The zero-order chi connectivity index (χ0) is 17.7. The molecule has 2 fully saturated rings. The third-order valence-electron chi connectivity index (χ3n) is 5.58. The van der Waals surface area contributed by atoms with Gasteiger partial charge in [-0.2, -0.15) is 5.10 Å². The number of nitrogens with one attached hydrogen (secondary N) is 1. The number of nitrogens with zero attached hydrogens (tertiary/aromatic N) is 2. The number of hydrogen-bond acceptors (Lipinski definition) is 5. The fourth-order valence-corrected chi connectivity index (χ4v) is 3.97. The van der Waals surface area contributed by atoms with Crippen LogP contribution in [0, 0.1) is 0 Å². The molecule has 0 radical (unpaired) electrons. The van der Waals surface area contributed by atoms with E-state index in [0.717, 1.165) is 10.9 Å². The number of rotatable bonds is 1. The molecule has 0 bridgehead atoms. The second kappa shape index (κ2) is 5.79. The van der Waals surface area contributed by atoms with Crippen molar-refractivity contribution in [2.75, 3.05) is 19.7 Å². The second-order valence-corrected chi connectivity index (χ2v) is 7.45. The highest BCUT2D eigenvalue weighted by Gasteiger charge is 2.49. The van der Waals surface area contributed by atoms with Crippen molar-refractivity contribution in [2.45, 2.75) is 43.5 Å². The third-order valence-corrected chi connectivity index (χ3v) is 5.58. The van der Waals surface area contributed by atoms with E-state index < -0.39 is 17.3 Å². The number of aliphatic hydroxyl groups excluding tert-OH is 1. The molecule has 2 aliphatic heterocycles. The van der Waals surface area contributed by atoms with Crippen LogP contribution in [0.2, 0.25) is 0 Å². The Kier molecular flexibility index (Phi) is 3.82. The molecule has 2 aliphatic rings. The fraction of sp³-hybridized carbons (Fsp3) is 0.556. The lowest BCUT2D eigenvalue weighted by atomic mass is 9.76. The lowest BCUT2D eigenvalue weighted by molar-refractivity contribution is -0.221. The predicted molar refractivity (Wildman–Crippen MR) is 91.2 cm³/mol. The maximum absolute atomic E-state index is 12.8. The minimum Gasteiger partial charge on any atom is -0.388 e. The summed E-state index contributed by atoms with van der Waals surface area (Å²) in [6.45, 7) is 2.87.